The fraction of sp³-hybridized carbons (Fsp3) is 0.471. The molecule has 1 saturated carbocycles. The van der Waals surface area contributed by atoms with Gasteiger partial charge in [0.15, 0.2) is 0 Å². The van der Waals surface area contributed by atoms with Crippen molar-refractivity contribution in [3.8, 4) is 10.6 Å². The Hall–Kier alpha value is -1.35. The number of fused-ring (bicyclic) bond motifs is 1. The minimum absolute atomic E-state index is 0.618. The molecule has 0 saturated heterocycles. The zero-order valence-corrected chi connectivity index (χ0v) is 12.5. The Kier molecular flexibility index (Phi) is 2.84. The summed E-state index contributed by atoms with van der Waals surface area (Å²) in [6, 6.07) is 8.11. The summed E-state index contributed by atoms with van der Waals surface area (Å²) in [4.78, 5) is 6.42. The highest BCUT2D eigenvalue weighted by Crippen LogP contribution is 2.49. The maximum absolute atomic E-state index is 5.89. The van der Waals surface area contributed by atoms with E-state index in [2.05, 4.69) is 6.07 Å². The Morgan fingerprint density at radius 3 is 2.80 bits per heavy atom. The van der Waals surface area contributed by atoms with Crippen LogP contribution < -0.4 is 5.73 Å². The summed E-state index contributed by atoms with van der Waals surface area (Å²) in [5.74, 6) is 0. The average Bonchev–Trinajstić information content (AvgIpc) is 3.06. The summed E-state index contributed by atoms with van der Waals surface area (Å²) >= 11 is 1.89. The van der Waals surface area contributed by atoms with E-state index >= 15 is 0 Å². The number of hydrogen-bond donors (Lipinski definition) is 1. The van der Waals surface area contributed by atoms with Crippen LogP contribution in [0.2, 0.25) is 0 Å². The van der Waals surface area contributed by atoms with Crippen LogP contribution in [-0.2, 0) is 12.8 Å². The van der Waals surface area contributed by atoms with Crippen molar-refractivity contribution < 1.29 is 0 Å². The molecule has 0 amide bonds. The second-order valence-electron chi connectivity index (χ2n) is 6.40. The Bertz CT molecular complexity index is 638. The molecule has 4 rings (SSSR count). The number of nitrogens with two attached hydrogens (primary N) is 1. The smallest absolute Gasteiger partial charge is 0.123 e. The van der Waals surface area contributed by atoms with Crippen molar-refractivity contribution in [2.45, 2.75) is 44.9 Å². The molecule has 1 fully saturated rings. The number of aryl methyl sites for hydroxylation is 1. The first-order valence-corrected chi connectivity index (χ1v) is 8.40. The van der Waals surface area contributed by atoms with Gasteiger partial charge in [-0.25, -0.2) is 4.98 Å². The number of rotatable bonds is 1. The van der Waals surface area contributed by atoms with E-state index in [-0.39, 0.29) is 0 Å². The van der Waals surface area contributed by atoms with Crippen molar-refractivity contribution in [1.29, 1.82) is 0 Å². The van der Waals surface area contributed by atoms with Gasteiger partial charge in [0.1, 0.15) is 5.01 Å². The van der Waals surface area contributed by atoms with Gasteiger partial charge in [0.05, 0.1) is 5.69 Å². The molecule has 1 heterocycles. The lowest BCUT2D eigenvalue weighted by molar-refractivity contribution is 0.256. The van der Waals surface area contributed by atoms with Crippen LogP contribution in [-0.4, -0.2) is 4.98 Å². The number of aromatic nitrogens is 1. The number of anilines is 1. The van der Waals surface area contributed by atoms with Crippen LogP contribution in [0.4, 0.5) is 5.69 Å². The molecule has 20 heavy (non-hydrogen) atoms. The Balaban J connectivity index is 1.68. The zero-order chi connectivity index (χ0) is 13.6. The van der Waals surface area contributed by atoms with E-state index in [1.165, 1.54) is 61.1 Å². The zero-order valence-electron chi connectivity index (χ0n) is 11.7. The predicted molar refractivity (Wildman–Crippen MR) is 84.9 cm³/mol. The van der Waals surface area contributed by atoms with Crippen molar-refractivity contribution in [3.05, 3.63) is 34.8 Å². The highest BCUT2D eigenvalue weighted by Gasteiger charge is 2.38. The summed E-state index contributed by atoms with van der Waals surface area (Å²) in [6.45, 7) is 0. The molecule has 0 bridgehead atoms. The average molecular weight is 284 g/mol. The van der Waals surface area contributed by atoms with E-state index < -0.39 is 0 Å². The lowest BCUT2D eigenvalue weighted by Gasteiger charge is -2.32. The summed E-state index contributed by atoms with van der Waals surface area (Å²) in [5, 5.41) is 1.15. The highest BCUT2D eigenvalue weighted by atomic mass is 32.1. The van der Waals surface area contributed by atoms with Gasteiger partial charge in [0, 0.05) is 16.1 Å². The van der Waals surface area contributed by atoms with E-state index in [4.69, 9.17) is 10.7 Å². The van der Waals surface area contributed by atoms with Gasteiger partial charge in [-0.15, -0.1) is 11.3 Å². The molecule has 1 aromatic carbocycles. The largest absolute Gasteiger partial charge is 0.399 e. The summed E-state index contributed by atoms with van der Waals surface area (Å²) in [6.07, 6.45) is 9.50. The van der Waals surface area contributed by atoms with Gasteiger partial charge in [-0.2, -0.15) is 0 Å². The minimum atomic E-state index is 0.618. The van der Waals surface area contributed by atoms with Gasteiger partial charge in [-0.05, 0) is 49.7 Å². The van der Waals surface area contributed by atoms with Gasteiger partial charge < -0.3 is 5.73 Å². The second-order valence-corrected chi connectivity index (χ2v) is 7.48. The highest BCUT2D eigenvalue weighted by molar-refractivity contribution is 7.15. The molecular formula is C17H20N2S. The van der Waals surface area contributed by atoms with Gasteiger partial charge in [0.2, 0.25) is 0 Å². The fourth-order valence-electron chi connectivity index (χ4n) is 3.88. The van der Waals surface area contributed by atoms with E-state index in [9.17, 15) is 0 Å². The molecule has 2 N–H and O–H groups in total. The molecule has 104 valence electrons. The third-order valence-electron chi connectivity index (χ3n) is 5.00. The predicted octanol–water partition coefficient (Wildman–Crippen LogP) is 4.44. The molecule has 0 radical (unpaired) electrons. The fourth-order valence-corrected chi connectivity index (χ4v) is 5.15. The SMILES string of the molecule is Nc1cccc(-c2nc3c(s2)CC2(CCCC2)CC3)c1. The molecule has 0 aliphatic heterocycles. The molecule has 1 spiro atoms. The summed E-state index contributed by atoms with van der Waals surface area (Å²) in [7, 11) is 0. The quantitative estimate of drug-likeness (QED) is 0.786. The normalized spacial score (nSPS) is 20.2. The number of nitrogens with zero attached hydrogens (tertiary/aromatic N) is 1. The Labute approximate surface area is 124 Å². The first kappa shape index (κ1) is 12.4. The monoisotopic (exact) mass is 284 g/mol. The van der Waals surface area contributed by atoms with Crippen LogP contribution in [0, 0.1) is 5.41 Å². The second kappa shape index (κ2) is 4.59. The minimum Gasteiger partial charge on any atom is -0.399 e. The third kappa shape index (κ3) is 2.05. The number of benzene rings is 1. The van der Waals surface area contributed by atoms with Gasteiger partial charge in [-0.1, -0.05) is 25.0 Å². The van der Waals surface area contributed by atoms with E-state index in [0.717, 1.165) is 10.7 Å². The topological polar surface area (TPSA) is 38.9 Å². The maximum atomic E-state index is 5.89. The third-order valence-corrected chi connectivity index (χ3v) is 6.15. The lowest BCUT2D eigenvalue weighted by Crippen LogP contribution is -2.24. The van der Waals surface area contributed by atoms with Gasteiger partial charge in [0.25, 0.3) is 0 Å². The Morgan fingerprint density at radius 1 is 1.15 bits per heavy atom. The molecule has 2 aromatic rings. The van der Waals surface area contributed by atoms with E-state index in [1.807, 2.05) is 29.5 Å². The first-order valence-electron chi connectivity index (χ1n) is 7.59. The van der Waals surface area contributed by atoms with E-state index in [0.29, 0.717) is 5.41 Å². The summed E-state index contributed by atoms with van der Waals surface area (Å²) < 4.78 is 0. The molecule has 1 aromatic heterocycles. The lowest BCUT2D eigenvalue weighted by atomic mass is 9.74. The van der Waals surface area contributed by atoms with Gasteiger partial charge in [-0.3, -0.25) is 0 Å². The molecular weight excluding hydrogens is 264 g/mol. The van der Waals surface area contributed by atoms with E-state index in [1.54, 1.807) is 0 Å². The summed E-state index contributed by atoms with van der Waals surface area (Å²) in [5.41, 5.74) is 9.85. The molecule has 2 aliphatic rings. The van der Waals surface area contributed by atoms with Crippen molar-refractivity contribution in [2.24, 2.45) is 5.41 Å². The molecule has 0 atom stereocenters. The van der Waals surface area contributed by atoms with Crippen molar-refractivity contribution in [3.63, 3.8) is 0 Å². The van der Waals surface area contributed by atoms with Crippen LogP contribution in [0.15, 0.2) is 24.3 Å². The Morgan fingerprint density at radius 2 is 2.00 bits per heavy atom. The molecule has 2 aliphatic carbocycles. The molecule has 3 heteroatoms. The van der Waals surface area contributed by atoms with Crippen LogP contribution in [0.3, 0.4) is 0 Å². The van der Waals surface area contributed by atoms with Crippen molar-refractivity contribution >= 4 is 17.0 Å². The molecule has 2 nitrogen and oxygen atoms in total. The number of hydrogen-bond acceptors (Lipinski definition) is 3. The van der Waals surface area contributed by atoms with Crippen molar-refractivity contribution in [1.82, 2.24) is 4.98 Å². The standard InChI is InChI=1S/C17H20N2S/c18-13-5-3-4-12(10-13)16-19-14-6-9-17(7-1-2-8-17)11-15(14)20-16/h3-5,10H,1-2,6-9,11,18H2. The first-order chi connectivity index (χ1) is 9.74. The number of nitrogen functional groups attached to an aromatic ring is 1. The van der Waals surface area contributed by atoms with Crippen LogP contribution >= 0.6 is 11.3 Å². The number of thiazole rings is 1. The van der Waals surface area contributed by atoms with Gasteiger partial charge >= 0.3 is 0 Å². The van der Waals surface area contributed by atoms with Crippen molar-refractivity contribution in [2.75, 3.05) is 5.73 Å². The van der Waals surface area contributed by atoms with Crippen LogP contribution in [0.5, 0.6) is 0 Å². The maximum Gasteiger partial charge on any atom is 0.123 e. The van der Waals surface area contributed by atoms with Crippen LogP contribution in [0.1, 0.15) is 42.7 Å². The molecule has 0 unspecified atom stereocenters. The van der Waals surface area contributed by atoms with Crippen LogP contribution in [0.25, 0.3) is 10.6 Å².